The van der Waals surface area contributed by atoms with Gasteiger partial charge in [0, 0.05) is 10.5 Å². The first-order chi connectivity index (χ1) is 5.65. The van der Waals surface area contributed by atoms with Crippen molar-refractivity contribution < 1.29 is 9.29 Å². The van der Waals surface area contributed by atoms with Gasteiger partial charge >= 0.3 is 0 Å². The number of halogens is 1. The van der Waals surface area contributed by atoms with E-state index in [-0.39, 0.29) is 0 Å². The normalized spacial score (nSPS) is 12.7. The lowest BCUT2D eigenvalue weighted by atomic mass is 10.3. The van der Waals surface area contributed by atoms with Crippen LogP contribution in [0.5, 0.6) is 5.75 Å². The monoisotopic (exact) mass is 248 g/mol. The van der Waals surface area contributed by atoms with Gasteiger partial charge in [-0.05, 0) is 23.3 Å². The third kappa shape index (κ3) is 2.15. The molecule has 0 N–H and O–H groups in total. The van der Waals surface area contributed by atoms with Crippen LogP contribution in [0, 0.1) is 0 Å². The first-order valence-corrected chi connectivity index (χ1v) is 5.67. The largest absolute Gasteiger partial charge is 0.612 e. The fourth-order valence-electron chi connectivity index (χ4n) is 0.875. The first kappa shape index (κ1) is 9.89. The minimum Gasteiger partial charge on any atom is -0.612 e. The van der Waals surface area contributed by atoms with Gasteiger partial charge in [0.1, 0.15) is 6.26 Å². The van der Waals surface area contributed by atoms with E-state index in [1.165, 1.54) is 0 Å². The Morgan fingerprint density at radius 1 is 1.50 bits per heavy atom. The molecule has 1 aromatic rings. The molecule has 4 heteroatoms. The van der Waals surface area contributed by atoms with Crippen molar-refractivity contribution in [3.8, 4) is 5.75 Å². The molecule has 0 radical (unpaired) electrons. The lowest BCUT2D eigenvalue weighted by Crippen LogP contribution is -2.00. The second-order valence-electron chi connectivity index (χ2n) is 2.25. The molecule has 0 bridgehead atoms. The van der Waals surface area contributed by atoms with Crippen LogP contribution in [-0.2, 0) is 11.2 Å². The van der Waals surface area contributed by atoms with Crippen molar-refractivity contribution in [1.82, 2.24) is 0 Å². The number of rotatable bonds is 2. The van der Waals surface area contributed by atoms with Crippen LogP contribution in [0.1, 0.15) is 0 Å². The second-order valence-corrected chi connectivity index (χ2v) is 4.51. The third-order valence-electron chi connectivity index (χ3n) is 1.44. The molecule has 0 aliphatic rings. The molecule has 0 aliphatic heterocycles. The zero-order chi connectivity index (χ0) is 9.14. The quantitative estimate of drug-likeness (QED) is 0.752. The van der Waals surface area contributed by atoms with E-state index in [1.807, 2.05) is 6.07 Å². The lowest BCUT2D eigenvalue weighted by molar-refractivity contribution is 0.402. The van der Waals surface area contributed by atoms with E-state index < -0.39 is 11.2 Å². The Kier molecular flexibility index (Phi) is 3.43. The van der Waals surface area contributed by atoms with Gasteiger partial charge < -0.3 is 9.29 Å². The highest BCUT2D eigenvalue weighted by molar-refractivity contribution is 9.10. The number of methoxy groups -OCH3 is 1. The molecular weight excluding hydrogens is 240 g/mol. The van der Waals surface area contributed by atoms with E-state index in [9.17, 15) is 4.55 Å². The van der Waals surface area contributed by atoms with Gasteiger partial charge in [-0.2, -0.15) is 0 Å². The average molecular weight is 249 g/mol. The summed E-state index contributed by atoms with van der Waals surface area (Å²) in [6.07, 6.45) is 1.63. The number of hydrogen-bond acceptors (Lipinski definition) is 2. The molecule has 0 amide bonds. The summed E-state index contributed by atoms with van der Waals surface area (Å²) in [6.45, 7) is 0. The molecule has 2 nitrogen and oxygen atoms in total. The van der Waals surface area contributed by atoms with E-state index in [1.54, 1.807) is 25.5 Å². The molecule has 66 valence electrons. The van der Waals surface area contributed by atoms with Crippen LogP contribution >= 0.6 is 15.9 Å². The summed E-state index contributed by atoms with van der Waals surface area (Å²) < 4.78 is 17.1. The zero-order valence-corrected chi connectivity index (χ0v) is 9.24. The number of benzene rings is 1. The summed E-state index contributed by atoms with van der Waals surface area (Å²) in [5, 5.41) is 0. The molecular formula is C8H9BrO2S. The summed E-state index contributed by atoms with van der Waals surface area (Å²) >= 11 is 2.30. The number of hydrogen-bond donors (Lipinski definition) is 0. The first-order valence-electron chi connectivity index (χ1n) is 3.32. The highest BCUT2D eigenvalue weighted by atomic mass is 79.9. The molecule has 1 atom stereocenters. The van der Waals surface area contributed by atoms with E-state index in [0.29, 0.717) is 10.6 Å². The molecule has 0 spiro atoms. The second kappa shape index (κ2) is 4.16. The summed E-state index contributed by atoms with van der Waals surface area (Å²) in [7, 11) is 1.57. The van der Waals surface area contributed by atoms with Crippen LogP contribution in [0.25, 0.3) is 0 Å². The smallest absolute Gasteiger partial charge is 0.195 e. The minimum absolute atomic E-state index is 0.666. The van der Waals surface area contributed by atoms with Crippen molar-refractivity contribution in [3.63, 3.8) is 0 Å². The maximum Gasteiger partial charge on any atom is 0.195 e. The predicted molar refractivity (Wildman–Crippen MR) is 53.0 cm³/mol. The summed E-state index contributed by atoms with van der Waals surface area (Å²) in [4.78, 5) is 0.715. The van der Waals surface area contributed by atoms with Crippen molar-refractivity contribution in [3.05, 3.63) is 22.7 Å². The van der Waals surface area contributed by atoms with Crippen LogP contribution in [0.3, 0.4) is 0 Å². The van der Waals surface area contributed by atoms with Crippen LogP contribution in [-0.4, -0.2) is 17.9 Å². The number of ether oxygens (including phenoxy) is 1. The van der Waals surface area contributed by atoms with Gasteiger partial charge in [-0.3, -0.25) is 0 Å². The van der Waals surface area contributed by atoms with E-state index in [4.69, 9.17) is 4.74 Å². The van der Waals surface area contributed by atoms with Crippen molar-refractivity contribution in [2.75, 3.05) is 13.4 Å². The van der Waals surface area contributed by atoms with E-state index in [0.717, 1.165) is 4.47 Å². The Bertz CT molecular complexity index is 276. The van der Waals surface area contributed by atoms with Crippen LogP contribution in [0.4, 0.5) is 0 Å². The Hall–Kier alpha value is -0.190. The average Bonchev–Trinajstić information content (AvgIpc) is 2.04. The molecule has 0 saturated heterocycles. The topological polar surface area (TPSA) is 32.3 Å². The third-order valence-corrected chi connectivity index (χ3v) is 2.87. The maximum absolute atomic E-state index is 11.2. The Morgan fingerprint density at radius 2 is 2.17 bits per heavy atom. The summed E-state index contributed by atoms with van der Waals surface area (Å²) in [5.74, 6) is 0.666. The van der Waals surface area contributed by atoms with Crippen LogP contribution in [0.15, 0.2) is 27.6 Å². The van der Waals surface area contributed by atoms with Crippen molar-refractivity contribution in [2.24, 2.45) is 0 Å². The SMILES string of the molecule is COc1ccc(Br)cc1[S+](C)[O-]. The summed E-state index contributed by atoms with van der Waals surface area (Å²) in [6, 6.07) is 5.45. The molecule has 1 unspecified atom stereocenters. The van der Waals surface area contributed by atoms with Gasteiger partial charge in [0.15, 0.2) is 10.6 Å². The molecule has 12 heavy (non-hydrogen) atoms. The van der Waals surface area contributed by atoms with Gasteiger partial charge in [-0.15, -0.1) is 0 Å². The van der Waals surface area contributed by atoms with Gasteiger partial charge in [0.2, 0.25) is 0 Å². The zero-order valence-electron chi connectivity index (χ0n) is 6.83. The van der Waals surface area contributed by atoms with Crippen molar-refractivity contribution in [1.29, 1.82) is 0 Å². The summed E-state index contributed by atoms with van der Waals surface area (Å²) in [5.41, 5.74) is 0. The fourth-order valence-corrected chi connectivity index (χ4v) is 2.12. The predicted octanol–water partition coefficient (Wildman–Crippen LogP) is 2.20. The van der Waals surface area contributed by atoms with Crippen molar-refractivity contribution in [2.45, 2.75) is 4.90 Å². The molecule has 1 rings (SSSR count). The van der Waals surface area contributed by atoms with Gasteiger partial charge in [0.25, 0.3) is 0 Å². The highest BCUT2D eigenvalue weighted by Gasteiger charge is 2.12. The molecule has 0 fully saturated rings. The Morgan fingerprint density at radius 3 is 2.67 bits per heavy atom. The molecule has 0 saturated carbocycles. The minimum atomic E-state index is -1.01. The van der Waals surface area contributed by atoms with Gasteiger partial charge in [0.05, 0.1) is 7.11 Å². The Balaban J connectivity index is 3.12. The van der Waals surface area contributed by atoms with Crippen LogP contribution < -0.4 is 4.74 Å². The Labute approximate surface area is 83.2 Å². The molecule has 0 aliphatic carbocycles. The highest BCUT2D eigenvalue weighted by Crippen LogP contribution is 2.26. The van der Waals surface area contributed by atoms with Crippen molar-refractivity contribution >= 4 is 27.1 Å². The maximum atomic E-state index is 11.2. The lowest BCUT2D eigenvalue weighted by Gasteiger charge is -2.08. The molecule has 0 aromatic heterocycles. The molecule has 0 heterocycles. The van der Waals surface area contributed by atoms with E-state index in [2.05, 4.69) is 15.9 Å². The fraction of sp³-hybridized carbons (Fsp3) is 0.250. The standard InChI is InChI=1S/C8H9BrO2S/c1-11-7-4-3-6(9)5-8(7)12(2)10/h3-5H,1-2H3. The van der Waals surface area contributed by atoms with Gasteiger partial charge in [-0.25, -0.2) is 0 Å². The van der Waals surface area contributed by atoms with Crippen LogP contribution in [0.2, 0.25) is 0 Å². The van der Waals surface area contributed by atoms with Gasteiger partial charge in [-0.1, -0.05) is 15.9 Å². The molecule has 1 aromatic carbocycles. The van der Waals surface area contributed by atoms with E-state index >= 15 is 0 Å².